The van der Waals surface area contributed by atoms with Crippen molar-refractivity contribution < 1.29 is 22.7 Å². The Morgan fingerprint density at radius 3 is 2.50 bits per heavy atom. The van der Waals surface area contributed by atoms with Crippen LogP contribution in [0.1, 0.15) is 17.3 Å². The van der Waals surface area contributed by atoms with Crippen LogP contribution in [0.3, 0.4) is 0 Å². The van der Waals surface area contributed by atoms with Crippen LogP contribution in [0.5, 0.6) is 5.75 Å². The van der Waals surface area contributed by atoms with Crippen molar-refractivity contribution in [3.05, 3.63) is 17.7 Å². The summed E-state index contributed by atoms with van der Waals surface area (Å²) in [5.74, 6) is -1.58. The van der Waals surface area contributed by atoms with E-state index >= 15 is 0 Å². The number of hydrogen-bond acceptors (Lipinski definition) is 5. The van der Waals surface area contributed by atoms with E-state index in [9.17, 15) is 18.0 Å². The molecule has 0 fully saturated rings. The number of sulfone groups is 1. The van der Waals surface area contributed by atoms with Crippen molar-refractivity contribution in [2.24, 2.45) is 0 Å². The zero-order chi connectivity index (χ0) is 13.5. The highest BCUT2D eigenvalue weighted by Gasteiger charge is 2.36. The topological polar surface area (TPSA) is 89.5 Å². The molecule has 0 radical (unpaired) electrons. The molecule has 0 unspecified atom stereocenters. The number of carbonyl (C=O) groups is 2. The van der Waals surface area contributed by atoms with Gasteiger partial charge in [0.05, 0.1) is 29.0 Å². The Hall–Kier alpha value is -1.89. The fourth-order valence-electron chi connectivity index (χ4n) is 1.78. The summed E-state index contributed by atoms with van der Waals surface area (Å²) < 4.78 is 28.8. The summed E-state index contributed by atoms with van der Waals surface area (Å²) in [7, 11) is -2.20. The smallest absolute Gasteiger partial charge is 0.297 e. The number of Topliss-reactive ketones (excluding diaryl/α,β-unsaturated/α-hetero) is 1. The number of amides is 1. The summed E-state index contributed by atoms with van der Waals surface area (Å²) in [5, 5.41) is 2.33. The van der Waals surface area contributed by atoms with Crippen molar-refractivity contribution in [3.8, 4) is 5.75 Å². The van der Waals surface area contributed by atoms with E-state index in [4.69, 9.17) is 4.74 Å². The molecular formula is C11H11NO5S. The Bertz CT molecular complexity index is 648. The molecule has 0 bridgehead atoms. The first-order valence-electron chi connectivity index (χ1n) is 5.21. The molecule has 2 rings (SSSR count). The molecule has 96 valence electrons. The van der Waals surface area contributed by atoms with E-state index in [0.29, 0.717) is 0 Å². The van der Waals surface area contributed by atoms with Gasteiger partial charge in [-0.05, 0) is 12.1 Å². The van der Waals surface area contributed by atoms with Gasteiger partial charge in [0.1, 0.15) is 5.75 Å². The first kappa shape index (κ1) is 12.6. The van der Waals surface area contributed by atoms with E-state index in [-0.39, 0.29) is 27.6 Å². The maximum atomic E-state index is 11.9. The number of nitrogens with one attached hydrogen (secondary N) is 1. The third-order valence-corrected chi connectivity index (χ3v) is 4.51. The zero-order valence-electron chi connectivity index (χ0n) is 9.81. The van der Waals surface area contributed by atoms with E-state index in [1.54, 1.807) is 0 Å². The van der Waals surface area contributed by atoms with Crippen molar-refractivity contribution in [2.75, 3.05) is 18.2 Å². The van der Waals surface area contributed by atoms with Gasteiger partial charge in [-0.2, -0.15) is 0 Å². The van der Waals surface area contributed by atoms with Gasteiger partial charge in [0.15, 0.2) is 9.84 Å². The number of rotatable bonds is 3. The summed E-state index contributed by atoms with van der Waals surface area (Å²) in [4.78, 5) is 22.9. The summed E-state index contributed by atoms with van der Waals surface area (Å²) in [6.45, 7) is 1.47. The van der Waals surface area contributed by atoms with Gasteiger partial charge in [-0.3, -0.25) is 9.59 Å². The number of benzene rings is 1. The monoisotopic (exact) mass is 269 g/mol. The predicted octanol–water partition coefficient (Wildman–Crippen LogP) is 0.624. The molecule has 18 heavy (non-hydrogen) atoms. The quantitative estimate of drug-likeness (QED) is 0.813. The maximum absolute atomic E-state index is 11.9. The van der Waals surface area contributed by atoms with Gasteiger partial charge in [-0.1, -0.05) is 6.92 Å². The molecule has 1 aliphatic heterocycles. The Morgan fingerprint density at radius 1 is 1.28 bits per heavy atom. The van der Waals surface area contributed by atoms with Crippen LogP contribution in [0.2, 0.25) is 0 Å². The van der Waals surface area contributed by atoms with Crippen LogP contribution in [0, 0.1) is 0 Å². The van der Waals surface area contributed by atoms with Crippen LogP contribution in [-0.2, 0) is 14.6 Å². The van der Waals surface area contributed by atoms with E-state index in [0.717, 1.165) is 0 Å². The first-order chi connectivity index (χ1) is 8.42. The van der Waals surface area contributed by atoms with Gasteiger partial charge >= 0.3 is 0 Å². The van der Waals surface area contributed by atoms with Crippen LogP contribution in [0.25, 0.3) is 0 Å². The average Bonchev–Trinajstić information content (AvgIpc) is 2.65. The molecule has 1 aromatic carbocycles. The minimum Gasteiger partial charge on any atom is -0.495 e. The van der Waals surface area contributed by atoms with E-state index < -0.39 is 21.5 Å². The summed E-state index contributed by atoms with van der Waals surface area (Å²) in [5.41, 5.74) is 0.00299. The lowest BCUT2D eigenvalue weighted by atomic mass is 10.1. The third kappa shape index (κ3) is 1.67. The molecule has 1 aliphatic rings. The van der Waals surface area contributed by atoms with Crippen LogP contribution in [0.15, 0.2) is 17.0 Å². The second kappa shape index (κ2) is 4.09. The van der Waals surface area contributed by atoms with Gasteiger partial charge in [0.25, 0.3) is 11.7 Å². The normalized spacial score (nSPS) is 14.3. The molecule has 0 saturated carbocycles. The molecular weight excluding hydrogens is 258 g/mol. The second-order valence-electron chi connectivity index (χ2n) is 3.70. The van der Waals surface area contributed by atoms with Gasteiger partial charge in [0.2, 0.25) is 0 Å². The standard InChI is InChI=1S/C11H11NO5S/c1-3-18(15,16)7-5-4-6(17-2)9-8(7)10(13)11(14)12-9/h4-5H,3H2,1-2H3,(H,12,13,14). The molecule has 0 aromatic heterocycles. The Kier molecular flexibility index (Phi) is 2.86. The highest BCUT2D eigenvalue weighted by molar-refractivity contribution is 7.91. The highest BCUT2D eigenvalue weighted by atomic mass is 32.2. The lowest BCUT2D eigenvalue weighted by molar-refractivity contribution is -0.112. The minimum absolute atomic E-state index is 0.124. The maximum Gasteiger partial charge on any atom is 0.297 e. The molecule has 0 aliphatic carbocycles. The van der Waals surface area contributed by atoms with Crippen molar-refractivity contribution in [1.82, 2.24) is 0 Å². The van der Waals surface area contributed by atoms with E-state index in [1.165, 1.54) is 26.2 Å². The third-order valence-electron chi connectivity index (χ3n) is 2.74. The fourth-order valence-corrected chi connectivity index (χ4v) is 2.87. The minimum atomic E-state index is -3.57. The van der Waals surface area contributed by atoms with Gasteiger partial charge < -0.3 is 10.1 Å². The number of ketones is 1. The molecule has 1 aromatic rings. The number of methoxy groups -OCH3 is 1. The molecule has 0 spiro atoms. The van der Waals surface area contributed by atoms with E-state index in [1.807, 2.05) is 0 Å². The molecule has 6 nitrogen and oxygen atoms in total. The average molecular weight is 269 g/mol. The van der Waals surface area contributed by atoms with Crippen LogP contribution < -0.4 is 10.1 Å². The summed E-state index contributed by atoms with van der Waals surface area (Å²) >= 11 is 0. The molecule has 0 saturated heterocycles. The van der Waals surface area contributed by atoms with Crippen molar-refractivity contribution in [1.29, 1.82) is 0 Å². The molecule has 7 heteroatoms. The Balaban J connectivity index is 2.79. The van der Waals surface area contributed by atoms with Gasteiger partial charge in [-0.15, -0.1) is 0 Å². The lowest BCUT2D eigenvalue weighted by Crippen LogP contribution is -2.14. The number of carbonyl (C=O) groups excluding carboxylic acids is 2. The molecule has 0 atom stereocenters. The summed E-state index contributed by atoms with van der Waals surface area (Å²) in [6.07, 6.45) is 0. The van der Waals surface area contributed by atoms with Crippen LogP contribution >= 0.6 is 0 Å². The second-order valence-corrected chi connectivity index (χ2v) is 5.95. The van der Waals surface area contributed by atoms with Crippen LogP contribution in [0.4, 0.5) is 5.69 Å². The Labute approximate surface area is 104 Å². The zero-order valence-corrected chi connectivity index (χ0v) is 10.6. The molecule has 1 N–H and O–H groups in total. The molecule has 1 amide bonds. The first-order valence-corrected chi connectivity index (χ1v) is 6.87. The van der Waals surface area contributed by atoms with Crippen molar-refractivity contribution in [3.63, 3.8) is 0 Å². The van der Waals surface area contributed by atoms with E-state index in [2.05, 4.69) is 5.32 Å². The number of anilines is 1. The van der Waals surface area contributed by atoms with Gasteiger partial charge in [-0.25, -0.2) is 8.42 Å². The SMILES string of the molecule is CCS(=O)(=O)c1ccc(OC)c2c1C(=O)C(=O)N2. The summed E-state index contributed by atoms with van der Waals surface area (Å²) in [6, 6.07) is 2.70. The molecule has 1 heterocycles. The predicted molar refractivity (Wildman–Crippen MR) is 63.7 cm³/mol. The Morgan fingerprint density at radius 2 is 1.94 bits per heavy atom. The fraction of sp³-hybridized carbons (Fsp3) is 0.273. The number of fused-ring (bicyclic) bond motifs is 1. The highest BCUT2D eigenvalue weighted by Crippen LogP contribution is 2.37. The van der Waals surface area contributed by atoms with Gasteiger partial charge in [0, 0.05) is 0 Å². The van der Waals surface area contributed by atoms with Crippen molar-refractivity contribution in [2.45, 2.75) is 11.8 Å². The number of ether oxygens (including phenoxy) is 1. The van der Waals surface area contributed by atoms with Crippen LogP contribution in [-0.4, -0.2) is 33.0 Å². The van der Waals surface area contributed by atoms with Crippen molar-refractivity contribution >= 4 is 27.2 Å². The largest absolute Gasteiger partial charge is 0.495 e. The number of hydrogen-bond donors (Lipinski definition) is 1. The lowest BCUT2D eigenvalue weighted by Gasteiger charge is -2.09.